The third-order valence-electron chi connectivity index (χ3n) is 4.52. The summed E-state index contributed by atoms with van der Waals surface area (Å²) < 4.78 is 1.08. The fraction of sp³-hybridized carbons (Fsp3) is 0.235. The van der Waals surface area contributed by atoms with E-state index in [1.165, 1.54) is 0 Å². The topological polar surface area (TPSA) is 95.5 Å². The normalized spacial score (nSPS) is 14.8. The average Bonchev–Trinajstić information content (AvgIpc) is 3.40. The number of thiazole rings is 1. The summed E-state index contributed by atoms with van der Waals surface area (Å²) in [4.78, 5) is 11.2. The van der Waals surface area contributed by atoms with Gasteiger partial charge < -0.3 is 10.2 Å². The van der Waals surface area contributed by atoms with Crippen molar-refractivity contribution in [2.24, 2.45) is 0 Å². The first kappa shape index (κ1) is 15.4. The molecular formula is C17H16N8S. The van der Waals surface area contributed by atoms with E-state index in [0.29, 0.717) is 5.95 Å². The zero-order valence-electron chi connectivity index (χ0n) is 13.9. The zero-order chi connectivity index (χ0) is 17.3. The van der Waals surface area contributed by atoms with Gasteiger partial charge >= 0.3 is 0 Å². The molecule has 4 aromatic rings. The van der Waals surface area contributed by atoms with Gasteiger partial charge in [-0.2, -0.15) is 5.10 Å². The number of hydrogen-bond donors (Lipinski definition) is 2. The lowest BCUT2D eigenvalue weighted by atomic mass is 10.0. The maximum Gasteiger partial charge on any atom is 0.245 e. The molecule has 2 N–H and O–H groups in total. The van der Waals surface area contributed by atoms with Crippen LogP contribution in [0.25, 0.3) is 32.6 Å². The van der Waals surface area contributed by atoms with E-state index in [9.17, 15) is 0 Å². The minimum absolute atomic E-state index is 0.686. The van der Waals surface area contributed by atoms with Crippen molar-refractivity contribution in [1.82, 2.24) is 35.7 Å². The van der Waals surface area contributed by atoms with E-state index >= 15 is 0 Å². The number of hydrogen-bond acceptors (Lipinski definition) is 8. The summed E-state index contributed by atoms with van der Waals surface area (Å²) in [5, 5.41) is 19.0. The molecule has 0 saturated carbocycles. The van der Waals surface area contributed by atoms with Gasteiger partial charge in [0, 0.05) is 49.1 Å². The predicted molar refractivity (Wildman–Crippen MR) is 101 cm³/mol. The Kier molecular flexibility index (Phi) is 3.80. The summed E-state index contributed by atoms with van der Waals surface area (Å²) in [6.45, 7) is 3.70. The van der Waals surface area contributed by atoms with Gasteiger partial charge in [0.15, 0.2) is 0 Å². The summed E-state index contributed by atoms with van der Waals surface area (Å²) in [7, 11) is 0. The van der Waals surface area contributed by atoms with Crippen molar-refractivity contribution in [3.63, 3.8) is 0 Å². The van der Waals surface area contributed by atoms with Crippen LogP contribution in [0.5, 0.6) is 0 Å². The third-order valence-corrected chi connectivity index (χ3v) is 5.38. The largest absolute Gasteiger partial charge is 0.337 e. The first-order valence-electron chi connectivity index (χ1n) is 8.41. The van der Waals surface area contributed by atoms with Gasteiger partial charge in [-0.1, -0.05) is 12.1 Å². The maximum atomic E-state index is 4.54. The van der Waals surface area contributed by atoms with Gasteiger partial charge in [-0.25, -0.2) is 9.97 Å². The monoisotopic (exact) mass is 364 g/mol. The van der Waals surface area contributed by atoms with Crippen molar-refractivity contribution in [3.05, 3.63) is 36.2 Å². The lowest BCUT2D eigenvalue weighted by Crippen LogP contribution is -2.44. The highest BCUT2D eigenvalue weighted by atomic mass is 32.1. The molecule has 0 radical (unpaired) electrons. The molecule has 0 amide bonds. The number of nitrogens with zero attached hydrogens (tertiary/aromatic N) is 6. The van der Waals surface area contributed by atoms with Crippen molar-refractivity contribution < 1.29 is 0 Å². The van der Waals surface area contributed by atoms with Crippen LogP contribution in [0.3, 0.4) is 0 Å². The highest BCUT2D eigenvalue weighted by Crippen LogP contribution is 2.36. The Balaban J connectivity index is 1.53. The van der Waals surface area contributed by atoms with Crippen LogP contribution in [0, 0.1) is 0 Å². The highest BCUT2D eigenvalue weighted by Gasteiger charge is 2.16. The Labute approximate surface area is 153 Å². The molecule has 130 valence electrons. The molecule has 9 heteroatoms. The molecule has 8 nitrogen and oxygen atoms in total. The lowest BCUT2D eigenvalue weighted by molar-refractivity contribution is 0.577. The molecule has 0 bridgehead atoms. The van der Waals surface area contributed by atoms with Crippen molar-refractivity contribution in [2.45, 2.75) is 0 Å². The summed E-state index contributed by atoms with van der Waals surface area (Å²) in [5.74, 6) is 0.686. The second-order valence-corrected chi connectivity index (χ2v) is 6.91. The van der Waals surface area contributed by atoms with Crippen LogP contribution < -0.4 is 10.2 Å². The van der Waals surface area contributed by atoms with Gasteiger partial charge in [-0.15, -0.1) is 21.5 Å². The van der Waals surface area contributed by atoms with Crippen molar-refractivity contribution in [2.75, 3.05) is 31.1 Å². The number of fused-ring (bicyclic) bond motifs is 1. The minimum Gasteiger partial charge on any atom is -0.337 e. The van der Waals surface area contributed by atoms with Crippen LogP contribution in [0.4, 0.5) is 5.95 Å². The van der Waals surface area contributed by atoms with E-state index in [1.807, 2.05) is 17.8 Å². The molecule has 3 aromatic heterocycles. The van der Waals surface area contributed by atoms with Crippen LogP contribution in [0.1, 0.15) is 0 Å². The van der Waals surface area contributed by atoms with Crippen LogP contribution in [-0.2, 0) is 0 Å². The Morgan fingerprint density at radius 1 is 1.00 bits per heavy atom. The molecule has 0 atom stereocenters. The summed E-state index contributed by atoms with van der Waals surface area (Å²) in [5.41, 5.74) is 6.64. The predicted octanol–water partition coefficient (Wildman–Crippen LogP) is 1.95. The molecule has 1 fully saturated rings. The van der Waals surface area contributed by atoms with Crippen LogP contribution in [0.15, 0.2) is 36.2 Å². The van der Waals surface area contributed by atoms with Crippen molar-refractivity contribution in [1.29, 1.82) is 0 Å². The van der Waals surface area contributed by atoms with E-state index in [1.54, 1.807) is 23.7 Å². The number of rotatable bonds is 3. The molecule has 1 aromatic carbocycles. The molecule has 0 spiro atoms. The van der Waals surface area contributed by atoms with Gasteiger partial charge in [-0.05, 0) is 0 Å². The summed E-state index contributed by atoms with van der Waals surface area (Å²) in [6, 6.07) is 4.10. The SMILES string of the molecule is c1nc2c(-c3cn[nH]c3)ccc(-c3cnc(N4CCNCC4)nn3)c2s1. The number of H-pyrrole nitrogens is 1. The van der Waals surface area contributed by atoms with Gasteiger partial charge in [-0.3, -0.25) is 5.10 Å². The minimum atomic E-state index is 0.686. The molecule has 0 unspecified atom stereocenters. The number of benzene rings is 1. The first-order valence-corrected chi connectivity index (χ1v) is 9.29. The number of aromatic amines is 1. The van der Waals surface area contributed by atoms with Crippen LogP contribution in [0.2, 0.25) is 0 Å². The molecule has 5 rings (SSSR count). The molecule has 1 saturated heterocycles. The lowest BCUT2D eigenvalue weighted by Gasteiger charge is -2.26. The molecule has 26 heavy (non-hydrogen) atoms. The molecule has 1 aliphatic rings. The second kappa shape index (κ2) is 6.43. The van der Waals surface area contributed by atoms with Gasteiger partial charge in [0.05, 0.1) is 28.1 Å². The van der Waals surface area contributed by atoms with Crippen LogP contribution in [-0.4, -0.2) is 56.5 Å². The fourth-order valence-corrected chi connectivity index (χ4v) is 4.02. The number of aromatic nitrogens is 6. The van der Waals surface area contributed by atoms with Gasteiger partial charge in [0.1, 0.15) is 5.69 Å². The maximum absolute atomic E-state index is 4.54. The molecule has 1 aliphatic heterocycles. The Bertz CT molecular complexity index is 1020. The Morgan fingerprint density at radius 3 is 2.65 bits per heavy atom. The summed E-state index contributed by atoms with van der Waals surface area (Å²) >= 11 is 1.60. The standard InChI is InChI=1S/C17H16N8S/c1-2-13(14-9-19-17(24-23-14)25-5-3-18-4-6-25)16-15(20-10-26-16)12(1)11-7-21-22-8-11/h1-2,7-10,18H,3-6H2,(H,21,22). The fourth-order valence-electron chi connectivity index (χ4n) is 3.19. The quantitative estimate of drug-likeness (QED) is 0.573. The first-order chi connectivity index (χ1) is 12.9. The molecular weight excluding hydrogens is 348 g/mol. The molecule has 0 aliphatic carbocycles. The van der Waals surface area contributed by atoms with Gasteiger partial charge in [0.2, 0.25) is 5.95 Å². The van der Waals surface area contributed by atoms with Crippen molar-refractivity contribution >= 4 is 27.5 Å². The Morgan fingerprint density at radius 2 is 1.88 bits per heavy atom. The Hall–Kier alpha value is -2.91. The van der Waals surface area contributed by atoms with Crippen LogP contribution >= 0.6 is 11.3 Å². The third kappa shape index (κ3) is 2.61. The highest BCUT2D eigenvalue weighted by molar-refractivity contribution is 7.17. The van der Waals surface area contributed by atoms with E-state index < -0.39 is 0 Å². The van der Waals surface area contributed by atoms with Crippen molar-refractivity contribution in [3.8, 4) is 22.4 Å². The zero-order valence-corrected chi connectivity index (χ0v) is 14.7. The number of anilines is 1. The van der Waals surface area contributed by atoms with E-state index in [-0.39, 0.29) is 0 Å². The van der Waals surface area contributed by atoms with E-state index in [2.05, 4.69) is 46.6 Å². The van der Waals surface area contributed by atoms with Gasteiger partial charge in [0.25, 0.3) is 0 Å². The average molecular weight is 364 g/mol. The van der Waals surface area contributed by atoms with E-state index in [0.717, 1.165) is 58.8 Å². The van der Waals surface area contributed by atoms with E-state index in [4.69, 9.17) is 0 Å². The second-order valence-electron chi connectivity index (χ2n) is 6.06. The molecule has 4 heterocycles. The number of nitrogens with one attached hydrogen (secondary N) is 2. The smallest absolute Gasteiger partial charge is 0.245 e. The number of piperazine rings is 1. The summed E-state index contributed by atoms with van der Waals surface area (Å²) in [6.07, 6.45) is 5.48.